The van der Waals surface area contributed by atoms with E-state index in [9.17, 15) is 9.90 Å². The molecule has 2 aliphatic heterocycles. The first kappa shape index (κ1) is 18.2. The number of hydrogen-bond acceptors (Lipinski definition) is 5. The van der Waals surface area contributed by atoms with Crippen LogP contribution in [0.3, 0.4) is 0 Å². The second-order valence-corrected chi connectivity index (χ2v) is 7.26. The van der Waals surface area contributed by atoms with Crippen molar-refractivity contribution in [3.05, 3.63) is 30.3 Å². The lowest BCUT2D eigenvalue weighted by Gasteiger charge is -2.40. The standard InChI is InChI=1S/C19H30N4O2/c20-15-18(24)23-9-4-7-19(25,8-10-23)16-21-11-13-22(14-12-21)17-5-2-1-3-6-17/h1-3,5-6,25H,4,7-16,20H2/t19-/m1/s1. The Labute approximate surface area is 150 Å². The zero-order valence-corrected chi connectivity index (χ0v) is 14.9. The lowest BCUT2D eigenvalue weighted by molar-refractivity contribution is -0.129. The molecule has 1 amide bonds. The number of nitrogens with zero attached hydrogens (tertiary/aromatic N) is 3. The number of anilines is 1. The van der Waals surface area contributed by atoms with Crippen molar-refractivity contribution in [2.45, 2.75) is 24.9 Å². The third-order valence-electron chi connectivity index (χ3n) is 5.46. The number of carbonyl (C=O) groups is 1. The van der Waals surface area contributed by atoms with E-state index in [1.165, 1.54) is 5.69 Å². The van der Waals surface area contributed by atoms with Gasteiger partial charge < -0.3 is 20.6 Å². The smallest absolute Gasteiger partial charge is 0.236 e. The van der Waals surface area contributed by atoms with Gasteiger partial charge in [-0.25, -0.2) is 0 Å². The van der Waals surface area contributed by atoms with Crippen molar-refractivity contribution in [2.24, 2.45) is 5.73 Å². The van der Waals surface area contributed by atoms with Gasteiger partial charge in [0.1, 0.15) is 0 Å². The highest BCUT2D eigenvalue weighted by Gasteiger charge is 2.34. The summed E-state index contributed by atoms with van der Waals surface area (Å²) in [6.07, 6.45) is 2.23. The van der Waals surface area contributed by atoms with Crippen molar-refractivity contribution in [1.82, 2.24) is 9.80 Å². The molecule has 2 saturated heterocycles. The molecule has 1 aromatic carbocycles. The Morgan fingerprint density at radius 1 is 1.04 bits per heavy atom. The average Bonchev–Trinajstić information content (AvgIpc) is 2.84. The summed E-state index contributed by atoms with van der Waals surface area (Å²) in [5, 5.41) is 11.0. The van der Waals surface area contributed by atoms with Crippen LogP contribution in [0.25, 0.3) is 0 Å². The number of aliphatic hydroxyl groups is 1. The van der Waals surface area contributed by atoms with Gasteiger partial charge in [-0.15, -0.1) is 0 Å². The van der Waals surface area contributed by atoms with E-state index in [1.54, 1.807) is 4.90 Å². The molecule has 1 aromatic rings. The summed E-state index contributed by atoms with van der Waals surface area (Å²) >= 11 is 0. The lowest BCUT2D eigenvalue weighted by Crippen LogP contribution is -2.52. The van der Waals surface area contributed by atoms with Gasteiger partial charge in [0.15, 0.2) is 0 Å². The number of likely N-dealkylation sites (tertiary alicyclic amines) is 1. The molecule has 0 spiro atoms. The molecule has 0 bridgehead atoms. The van der Waals surface area contributed by atoms with Crippen LogP contribution in [0.2, 0.25) is 0 Å². The zero-order chi connectivity index (χ0) is 17.7. The molecule has 3 rings (SSSR count). The van der Waals surface area contributed by atoms with Crippen LogP contribution in [0.1, 0.15) is 19.3 Å². The lowest BCUT2D eigenvalue weighted by atomic mass is 9.94. The third kappa shape index (κ3) is 4.71. The molecular weight excluding hydrogens is 316 g/mol. The van der Waals surface area contributed by atoms with Crippen LogP contribution in [0.15, 0.2) is 30.3 Å². The van der Waals surface area contributed by atoms with Crippen molar-refractivity contribution in [3.63, 3.8) is 0 Å². The molecule has 1 atom stereocenters. The first-order valence-electron chi connectivity index (χ1n) is 9.32. The number of amides is 1. The Balaban J connectivity index is 1.50. The van der Waals surface area contributed by atoms with Crippen LogP contribution >= 0.6 is 0 Å². The second kappa shape index (κ2) is 8.17. The molecule has 2 heterocycles. The number of carbonyl (C=O) groups excluding carboxylic acids is 1. The van der Waals surface area contributed by atoms with Gasteiger partial charge in [0, 0.05) is 51.5 Å². The highest BCUT2D eigenvalue weighted by molar-refractivity contribution is 5.78. The van der Waals surface area contributed by atoms with Crippen LogP contribution in [0, 0.1) is 0 Å². The minimum absolute atomic E-state index is 0.0132. The minimum Gasteiger partial charge on any atom is -0.388 e. The number of nitrogens with two attached hydrogens (primary N) is 1. The summed E-state index contributed by atoms with van der Waals surface area (Å²) in [5.74, 6) is -0.0132. The van der Waals surface area contributed by atoms with E-state index in [1.807, 2.05) is 6.07 Å². The Morgan fingerprint density at radius 3 is 2.44 bits per heavy atom. The van der Waals surface area contributed by atoms with Gasteiger partial charge >= 0.3 is 0 Å². The van der Waals surface area contributed by atoms with E-state index < -0.39 is 5.60 Å². The molecule has 3 N–H and O–H groups in total. The minimum atomic E-state index is -0.696. The summed E-state index contributed by atoms with van der Waals surface area (Å²) in [6, 6.07) is 10.5. The molecule has 2 aliphatic rings. The summed E-state index contributed by atoms with van der Waals surface area (Å²) < 4.78 is 0. The van der Waals surface area contributed by atoms with Gasteiger partial charge in [-0.1, -0.05) is 18.2 Å². The summed E-state index contributed by atoms with van der Waals surface area (Å²) in [5.41, 5.74) is 6.04. The van der Waals surface area contributed by atoms with E-state index in [4.69, 9.17) is 5.73 Å². The van der Waals surface area contributed by atoms with Crippen LogP contribution in [-0.4, -0.2) is 78.8 Å². The first-order valence-corrected chi connectivity index (χ1v) is 9.32. The highest BCUT2D eigenvalue weighted by Crippen LogP contribution is 2.25. The number of para-hydroxylation sites is 1. The monoisotopic (exact) mass is 346 g/mol. The van der Waals surface area contributed by atoms with E-state index in [0.29, 0.717) is 26.1 Å². The van der Waals surface area contributed by atoms with E-state index in [0.717, 1.165) is 39.0 Å². The van der Waals surface area contributed by atoms with Gasteiger partial charge in [0.25, 0.3) is 0 Å². The maximum atomic E-state index is 11.8. The predicted molar refractivity (Wildman–Crippen MR) is 99.5 cm³/mol. The van der Waals surface area contributed by atoms with Crippen molar-refractivity contribution >= 4 is 11.6 Å². The number of piperazine rings is 1. The summed E-state index contributed by atoms with van der Waals surface area (Å²) in [7, 11) is 0. The van der Waals surface area contributed by atoms with Crippen LogP contribution in [-0.2, 0) is 4.79 Å². The van der Waals surface area contributed by atoms with Gasteiger partial charge in [-0.05, 0) is 31.4 Å². The van der Waals surface area contributed by atoms with Crippen LogP contribution in [0.5, 0.6) is 0 Å². The molecule has 2 fully saturated rings. The molecule has 0 radical (unpaired) electrons. The Kier molecular flexibility index (Phi) is 5.93. The predicted octanol–water partition coefficient (Wildman–Crippen LogP) is 0.511. The molecule has 6 heteroatoms. The highest BCUT2D eigenvalue weighted by atomic mass is 16.3. The largest absolute Gasteiger partial charge is 0.388 e. The number of rotatable bonds is 4. The molecule has 0 unspecified atom stereocenters. The second-order valence-electron chi connectivity index (χ2n) is 7.26. The van der Waals surface area contributed by atoms with E-state index in [2.05, 4.69) is 34.1 Å². The molecule has 6 nitrogen and oxygen atoms in total. The Morgan fingerprint density at radius 2 is 1.76 bits per heavy atom. The average molecular weight is 346 g/mol. The zero-order valence-electron chi connectivity index (χ0n) is 14.9. The van der Waals surface area contributed by atoms with E-state index >= 15 is 0 Å². The van der Waals surface area contributed by atoms with Gasteiger partial charge in [-0.3, -0.25) is 9.69 Å². The molecule has 25 heavy (non-hydrogen) atoms. The molecule has 0 aromatic heterocycles. The van der Waals surface area contributed by atoms with Gasteiger partial charge in [-0.2, -0.15) is 0 Å². The molecule has 0 saturated carbocycles. The fourth-order valence-corrected chi connectivity index (χ4v) is 3.93. The number of benzene rings is 1. The third-order valence-corrected chi connectivity index (χ3v) is 5.46. The normalized spacial score (nSPS) is 25.7. The van der Waals surface area contributed by atoms with Crippen LogP contribution < -0.4 is 10.6 Å². The summed E-state index contributed by atoms with van der Waals surface area (Å²) in [6.45, 7) is 5.96. The fourth-order valence-electron chi connectivity index (χ4n) is 3.93. The fraction of sp³-hybridized carbons (Fsp3) is 0.632. The topological polar surface area (TPSA) is 73.0 Å². The van der Waals surface area contributed by atoms with E-state index in [-0.39, 0.29) is 12.5 Å². The molecule has 0 aliphatic carbocycles. The summed E-state index contributed by atoms with van der Waals surface area (Å²) in [4.78, 5) is 18.4. The maximum absolute atomic E-state index is 11.8. The van der Waals surface area contributed by atoms with Gasteiger partial charge in [0.05, 0.1) is 12.1 Å². The van der Waals surface area contributed by atoms with Crippen molar-refractivity contribution in [3.8, 4) is 0 Å². The molecular formula is C19H30N4O2. The Bertz CT molecular complexity index is 560. The SMILES string of the molecule is NCC(=O)N1CCC[C@](O)(CN2CCN(c3ccccc3)CC2)CC1. The number of β-amino-alcohol motifs (C(OH)–C–C–N with tert-alkyl or cyclic N) is 1. The van der Waals surface area contributed by atoms with Crippen LogP contribution in [0.4, 0.5) is 5.69 Å². The molecule has 138 valence electrons. The maximum Gasteiger partial charge on any atom is 0.236 e. The number of hydrogen-bond donors (Lipinski definition) is 2. The first-order chi connectivity index (χ1) is 12.1. The Hall–Kier alpha value is -1.63. The quantitative estimate of drug-likeness (QED) is 0.831. The van der Waals surface area contributed by atoms with Crippen molar-refractivity contribution in [2.75, 3.05) is 57.3 Å². The van der Waals surface area contributed by atoms with Crippen molar-refractivity contribution < 1.29 is 9.90 Å². The van der Waals surface area contributed by atoms with Crippen molar-refractivity contribution in [1.29, 1.82) is 0 Å². The van der Waals surface area contributed by atoms with Gasteiger partial charge in [0.2, 0.25) is 5.91 Å².